The number of hydrogen-bond donors (Lipinski definition) is 1. The molecule has 1 atom stereocenters. The summed E-state index contributed by atoms with van der Waals surface area (Å²) in [4.78, 5) is 7.13. The second-order valence-corrected chi connectivity index (χ2v) is 6.88. The van der Waals surface area contributed by atoms with Gasteiger partial charge in [-0.25, -0.2) is 0 Å². The summed E-state index contributed by atoms with van der Waals surface area (Å²) in [5, 5.41) is 0. The van der Waals surface area contributed by atoms with Gasteiger partial charge in [-0.15, -0.1) is 0 Å². The predicted molar refractivity (Wildman–Crippen MR) is 88.9 cm³/mol. The van der Waals surface area contributed by atoms with Gasteiger partial charge < -0.3 is 15.4 Å². The predicted octanol–water partition coefficient (Wildman–Crippen LogP) is 4.00. The molecule has 118 valence electrons. The van der Waals surface area contributed by atoms with Crippen LogP contribution < -0.4 is 15.4 Å². The molecule has 0 radical (unpaired) electrons. The van der Waals surface area contributed by atoms with E-state index in [1.165, 1.54) is 25.7 Å². The SMILES string of the molecule is CCC1CCCCCN1c1ccc(N)c(OC(C)(C)C)n1. The summed E-state index contributed by atoms with van der Waals surface area (Å²) < 4.78 is 5.90. The third-order valence-corrected chi connectivity index (χ3v) is 3.92. The lowest BCUT2D eigenvalue weighted by Gasteiger charge is -2.31. The number of nitrogens with zero attached hydrogens (tertiary/aromatic N) is 2. The fourth-order valence-electron chi connectivity index (χ4n) is 2.88. The molecule has 2 rings (SSSR count). The molecule has 4 heteroatoms. The first-order valence-electron chi connectivity index (χ1n) is 8.13. The molecule has 1 aliphatic rings. The molecule has 1 unspecified atom stereocenters. The van der Waals surface area contributed by atoms with Gasteiger partial charge in [-0.2, -0.15) is 4.98 Å². The van der Waals surface area contributed by atoms with Crippen LogP contribution >= 0.6 is 0 Å². The van der Waals surface area contributed by atoms with Crippen molar-refractivity contribution in [2.45, 2.75) is 71.4 Å². The molecule has 1 fully saturated rings. The van der Waals surface area contributed by atoms with Crippen LogP contribution in [0.3, 0.4) is 0 Å². The average molecular weight is 291 g/mol. The highest BCUT2D eigenvalue weighted by atomic mass is 16.5. The average Bonchev–Trinajstić information content (AvgIpc) is 2.65. The van der Waals surface area contributed by atoms with Gasteiger partial charge in [0, 0.05) is 12.6 Å². The van der Waals surface area contributed by atoms with Crippen LogP contribution in [0.15, 0.2) is 12.1 Å². The van der Waals surface area contributed by atoms with E-state index in [1.807, 2.05) is 32.9 Å². The van der Waals surface area contributed by atoms with E-state index in [1.54, 1.807) is 0 Å². The van der Waals surface area contributed by atoms with E-state index in [-0.39, 0.29) is 5.60 Å². The molecule has 0 amide bonds. The normalized spacial score (nSPS) is 20.2. The number of hydrogen-bond acceptors (Lipinski definition) is 4. The standard InChI is InChI=1S/C17H29N3O/c1-5-13-9-7-6-8-12-20(13)15-11-10-14(18)16(19-15)21-17(2,3)4/h10-11,13H,5-9,12,18H2,1-4H3. The van der Waals surface area contributed by atoms with Gasteiger partial charge in [-0.1, -0.05) is 19.8 Å². The Morgan fingerprint density at radius 1 is 1.29 bits per heavy atom. The monoisotopic (exact) mass is 291 g/mol. The molecule has 0 bridgehead atoms. The van der Waals surface area contributed by atoms with Crippen LogP contribution in [0.2, 0.25) is 0 Å². The Morgan fingerprint density at radius 3 is 2.71 bits per heavy atom. The van der Waals surface area contributed by atoms with Crippen molar-refractivity contribution in [3.8, 4) is 5.88 Å². The first-order valence-corrected chi connectivity index (χ1v) is 8.13. The molecule has 0 saturated carbocycles. The lowest BCUT2D eigenvalue weighted by atomic mass is 10.1. The second kappa shape index (κ2) is 6.54. The van der Waals surface area contributed by atoms with Crippen molar-refractivity contribution in [3.05, 3.63) is 12.1 Å². The molecule has 0 aromatic carbocycles. The molecule has 0 spiro atoms. The maximum absolute atomic E-state index is 6.02. The highest BCUT2D eigenvalue weighted by Crippen LogP contribution is 2.30. The van der Waals surface area contributed by atoms with Crippen LogP contribution in [0.25, 0.3) is 0 Å². The van der Waals surface area contributed by atoms with Crippen molar-refractivity contribution < 1.29 is 4.74 Å². The first kappa shape index (κ1) is 15.9. The van der Waals surface area contributed by atoms with Crippen LogP contribution in [0.5, 0.6) is 5.88 Å². The van der Waals surface area contributed by atoms with Gasteiger partial charge in [-0.05, 0) is 52.2 Å². The van der Waals surface area contributed by atoms with E-state index in [2.05, 4.69) is 11.8 Å². The highest BCUT2D eigenvalue weighted by Gasteiger charge is 2.22. The van der Waals surface area contributed by atoms with E-state index >= 15 is 0 Å². The van der Waals surface area contributed by atoms with Gasteiger partial charge in [0.05, 0.1) is 5.69 Å². The zero-order valence-corrected chi connectivity index (χ0v) is 13.9. The van der Waals surface area contributed by atoms with Crippen LogP contribution in [-0.2, 0) is 0 Å². The summed E-state index contributed by atoms with van der Waals surface area (Å²) >= 11 is 0. The third-order valence-electron chi connectivity index (χ3n) is 3.92. The number of rotatable bonds is 3. The lowest BCUT2D eigenvalue weighted by Crippen LogP contribution is -2.35. The topological polar surface area (TPSA) is 51.4 Å². The molecule has 2 heterocycles. The van der Waals surface area contributed by atoms with Crippen LogP contribution in [0, 0.1) is 0 Å². The Balaban J connectivity index is 2.27. The fraction of sp³-hybridized carbons (Fsp3) is 0.706. The minimum absolute atomic E-state index is 0.289. The molecular formula is C17H29N3O. The molecule has 1 saturated heterocycles. The van der Waals surface area contributed by atoms with Crippen molar-refractivity contribution in [3.63, 3.8) is 0 Å². The Bertz CT molecular complexity index is 468. The van der Waals surface area contributed by atoms with Gasteiger partial charge in [0.25, 0.3) is 0 Å². The maximum Gasteiger partial charge on any atom is 0.239 e. The minimum atomic E-state index is -0.289. The van der Waals surface area contributed by atoms with Gasteiger partial charge in [0.2, 0.25) is 5.88 Å². The van der Waals surface area contributed by atoms with Crippen molar-refractivity contribution in [1.29, 1.82) is 0 Å². The quantitative estimate of drug-likeness (QED) is 0.914. The number of ether oxygens (including phenoxy) is 1. The van der Waals surface area contributed by atoms with E-state index in [0.29, 0.717) is 17.6 Å². The molecule has 1 aromatic rings. The van der Waals surface area contributed by atoms with Crippen LogP contribution in [-0.4, -0.2) is 23.2 Å². The molecular weight excluding hydrogens is 262 g/mol. The summed E-state index contributed by atoms with van der Waals surface area (Å²) in [5.74, 6) is 1.55. The molecule has 2 N–H and O–H groups in total. The van der Waals surface area contributed by atoms with Crippen molar-refractivity contribution >= 4 is 11.5 Å². The Morgan fingerprint density at radius 2 is 2.05 bits per heavy atom. The van der Waals surface area contributed by atoms with Crippen molar-refractivity contribution in [2.24, 2.45) is 0 Å². The minimum Gasteiger partial charge on any atom is -0.470 e. The number of nitrogen functional groups attached to an aromatic ring is 1. The van der Waals surface area contributed by atoms with Gasteiger partial charge in [0.1, 0.15) is 11.4 Å². The number of anilines is 2. The van der Waals surface area contributed by atoms with E-state index < -0.39 is 0 Å². The summed E-state index contributed by atoms with van der Waals surface area (Å²) in [7, 11) is 0. The third kappa shape index (κ3) is 4.26. The van der Waals surface area contributed by atoms with Gasteiger partial charge in [-0.3, -0.25) is 0 Å². The number of aromatic nitrogens is 1. The zero-order valence-electron chi connectivity index (χ0n) is 13.9. The first-order chi connectivity index (χ1) is 9.90. The van der Waals surface area contributed by atoms with E-state index in [4.69, 9.17) is 15.5 Å². The maximum atomic E-state index is 6.02. The molecule has 1 aliphatic heterocycles. The lowest BCUT2D eigenvalue weighted by molar-refractivity contribution is 0.125. The Hall–Kier alpha value is -1.45. The number of nitrogens with two attached hydrogens (primary N) is 1. The van der Waals surface area contributed by atoms with Crippen molar-refractivity contribution in [1.82, 2.24) is 4.98 Å². The second-order valence-electron chi connectivity index (χ2n) is 6.88. The van der Waals surface area contributed by atoms with Crippen molar-refractivity contribution in [2.75, 3.05) is 17.2 Å². The summed E-state index contributed by atoms with van der Waals surface area (Å²) in [6.45, 7) is 9.38. The molecule has 4 nitrogen and oxygen atoms in total. The number of pyridine rings is 1. The summed E-state index contributed by atoms with van der Waals surface area (Å²) in [6, 6.07) is 4.52. The molecule has 1 aromatic heterocycles. The highest BCUT2D eigenvalue weighted by molar-refractivity contribution is 5.55. The Kier molecular flexibility index (Phi) is 4.96. The van der Waals surface area contributed by atoms with Crippen LogP contribution in [0.4, 0.5) is 11.5 Å². The largest absolute Gasteiger partial charge is 0.470 e. The van der Waals surface area contributed by atoms with E-state index in [9.17, 15) is 0 Å². The van der Waals surface area contributed by atoms with Gasteiger partial charge in [0.15, 0.2) is 0 Å². The fourth-order valence-corrected chi connectivity index (χ4v) is 2.88. The Labute approximate surface area is 128 Å². The van der Waals surface area contributed by atoms with Crippen LogP contribution in [0.1, 0.15) is 59.8 Å². The summed E-state index contributed by atoms with van der Waals surface area (Å²) in [6.07, 6.45) is 6.26. The van der Waals surface area contributed by atoms with E-state index in [0.717, 1.165) is 18.8 Å². The zero-order chi connectivity index (χ0) is 15.5. The molecule has 0 aliphatic carbocycles. The van der Waals surface area contributed by atoms with Gasteiger partial charge >= 0.3 is 0 Å². The smallest absolute Gasteiger partial charge is 0.239 e. The molecule has 21 heavy (non-hydrogen) atoms. The summed E-state index contributed by atoms with van der Waals surface area (Å²) in [5.41, 5.74) is 6.34.